The van der Waals surface area contributed by atoms with Crippen molar-refractivity contribution < 1.29 is 13.2 Å². The molecule has 1 fully saturated rings. The minimum atomic E-state index is -3.05. The average Bonchev–Trinajstić information content (AvgIpc) is 3.15. The number of carbonyl (C=O) groups excluding carboxylic acids is 1. The monoisotopic (exact) mass is 368 g/mol. The molecular formula is C17H28N4O3S. The highest BCUT2D eigenvalue weighted by Crippen LogP contribution is 2.14. The van der Waals surface area contributed by atoms with Crippen molar-refractivity contribution in [1.29, 1.82) is 0 Å². The summed E-state index contributed by atoms with van der Waals surface area (Å²) in [7, 11) is -3.05. The van der Waals surface area contributed by atoms with Crippen molar-refractivity contribution >= 4 is 16.1 Å². The third-order valence-electron chi connectivity index (χ3n) is 4.25. The number of nitrogens with one attached hydrogen (secondary N) is 2. The fourth-order valence-electron chi connectivity index (χ4n) is 2.81. The Morgan fingerprint density at radius 1 is 1.12 bits per heavy atom. The van der Waals surface area contributed by atoms with Gasteiger partial charge in [-0.25, -0.2) is 17.5 Å². The van der Waals surface area contributed by atoms with Crippen LogP contribution in [0.15, 0.2) is 24.5 Å². The Morgan fingerprint density at radius 2 is 1.88 bits per heavy atom. The molecule has 2 rings (SSSR count). The number of nitrogens with zero attached hydrogens (tertiary/aromatic N) is 2. The molecule has 2 N–H and O–H groups in total. The lowest BCUT2D eigenvalue weighted by Gasteiger charge is -2.15. The van der Waals surface area contributed by atoms with Crippen molar-refractivity contribution in [2.75, 3.05) is 25.4 Å². The van der Waals surface area contributed by atoms with Crippen LogP contribution in [0, 0.1) is 0 Å². The molecule has 0 atom stereocenters. The SMILES string of the molecule is O=C(NCCCCCCS(=O)(=O)N1CCCC1)NCc1cccnc1. The van der Waals surface area contributed by atoms with E-state index >= 15 is 0 Å². The molecule has 2 heterocycles. The molecule has 1 aliphatic rings. The maximum atomic E-state index is 12.1. The molecule has 0 bridgehead atoms. The first-order valence-electron chi connectivity index (χ1n) is 8.96. The third kappa shape index (κ3) is 7.39. The topological polar surface area (TPSA) is 91.4 Å². The summed E-state index contributed by atoms with van der Waals surface area (Å²) in [5.74, 6) is 0.242. The van der Waals surface area contributed by atoms with E-state index < -0.39 is 10.0 Å². The number of pyridine rings is 1. The fraction of sp³-hybridized carbons (Fsp3) is 0.647. The molecule has 0 saturated carbocycles. The lowest BCUT2D eigenvalue weighted by atomic mass is 10.2. The predicted octanol–water partition coefficient (Wildman–Crippen LogP) is 1.87. The van der Waals surface area contributed by atoms with Gasteiger partial charge < -0.3 is 10.6 Å². The molecule has 0 radical (unpaired) electrons. The summed E-state index contributed by atoms with van der Waals surface area (Å²) in [5.41, 5.74) is 0.955. The zero-order valence-electron chi connectivity index (χ0n) is 14.6. The van der Waals surface area contributed by atoms with Crippen molar-refractivity contribution in [3.8, 4) is 0 Å². The predicted molar refractivity (Wildman–Crippen MR) is 97.5 cm³/mol. The second kappa shape index (κ2) is 10.4. The molecule has 7 nitrogen and oxygen atoms in total. The summed E-state index contributed by atoms with van der Waals surface area (Å²) in [6.07, 6.45) is 8.69. The zero-order chi connectivity index (χ0) is 18.0. The van der Waals surface area contributed by atoms with Crippen molar-refractivity contribution in [2.45, 2.75) is 45.1 Å². The molecular weight excluding hydrogens is 340 g/mol. The minimum absolute atomic E-state index is 0.194. The fourth-order valence-corrected chi connectivity index (χ4v) is 4.45. The van der Waals surface area contributed by atoms with Gasteiger partial charge in [0.1, 0.15) is 0 Å². The minimum Gasteiger partial charge on any atom is -0.338 e. The van der Waals surface area contributed by atoms with Gasteiger partial charge in [-0.3, -0.25) is 4.98 Å². The van der Waals surface area contributed by atoms with Crippen molar-refractivity contribution in [3.05, 3.63) is 30.1 Å². The smallest absolute Gasteiger partial charge is 0.315 e. The average molecular weight is 369 g/mol. The van der Waals surface area contributed by atoms with Crippen LogP contribution in [-0.4, -0.2) is 49.1 Å². The lowest BCUT2D eigenvalue weighted by Crippen LogP contribution is -2.35. The molecule has 0 aromatic carbocycles. The first-order valence-corrected chi connectivity index (χ1v) is 10.6. The molecule has 0 unspecified atom stereocenters. The van der Waals surface area contributed by atoms with Crippen LogP contribution in [0.25, 0.3) is 0 Å². The number of rotatable bonds is 10. The van der Waals surface area contributed by atoms with Crippen molar-refractivity contribution in [3.63, 3.8) is 0 Å². The molecule has 1 saturated heterocycles. The van der Waals surface area contributed by atoms with Crippen LogP contribution in [-0.2, 0) is 16.6 Å². The van der Waals surface area contributed by atoms with Gasteiger partial charge in [0.05, 0.1) is 5.75 Å². The number of sulfonamides is 1. The number of urea groups is 1. The zero-order valence-corrected chi connectivity index (χ0v) is 15.4. The molecule has 140 valence electrons. The number of amides is 2. The number of carbonyl (C=O) groups is 1. The van der Waals surface area contributed by atoms with E-state index in [1.165, 1.54) is 0 Å². The quantitative estimate of drug-likeness (QED) is 0.617. The van der Waals surface area contributed by atoms with Gasteiger partial charge in [-0.1, -0.05) is 18.9 Å². The number of hydrogen-bond acceptors (Lipinski definition) is 4. The second-order valence-corrected chi connectivity index (χ2v) is 8.40. The number of aromatic nitrogens is 1. The summed E-state index contributed by atoms with van der Waals surface area (Å²) < 4.78 is 25.7. The highest BCUT2D eigenvalue weighted by Gasteiger charge is 2.24. The molecule has 1 aliphatic heterocycles. The summed E-state index contributed by atoms with van der Waals surface area (Å²) in [4.78, 5) is 15.6. The Hall–Kier alpha value is -1.67. The van der Waals surface area contributed by atoms with Gasteiger partial charge >= 0.3 is 6.03 Å². The largest absolute Gasteiger partial charge is 0.338 e. The molecule has 1 aromatic rings. The highest BCUT2D eigenvalue weighted by molar-refractivity contribution is 7.89. The number of hydrogen-bond donors (Lipinski definition) is 2. The van der Waals surface area contributed by atoms with Crippen LogP contribution in [0.5, 0.6) is 0 Å². The Bertz CT molecular complexity index is 616. The van der Waals surface area contributed by atoms with Gasteiger partial charge in [-0.15, -0.1) is 0 Å². The van der Waals surface area contributed by atoms with Gasteiger partial charge in [0.2, 0.25) is 10.0 Å². The van der Waals surface area contributed by atoms with Gasteiger partial charge in [0.15, 0.2) is 0 Å². The Balaban J connectivity index is 1.47. The summed E-state index contributed by atoms with van der Waals surface area (Å²) >= 11 is 0. The molecule has 1 aromatic heterocycles. The standard InChI is InChI=1S/C17H28N4O3S/c22-17(20-15-16-8-7-9-18-14-16)19-10-3-1-2-6-13-25(23,24)21-11-4-5-12-21/h7-9,14H,1-6,10-13,15H2,(H2,19,20,22). The van der Waals surface area contributed by atoms with Crippen LogP contribution in [0.4, 0.5) is 4.79 Å². The maximum absolute atomic E-state index is 12.1. The Morgan fingerprint density at radius 3 is 2.60 bits per heavy atom. The lowest BCUT2D eigenvalue weighted by molar-refractivity contribution is 0.240. The van der Waals surface area contributed by atoms with Crippen LogP contribution in [0.1, 0.15) is 44.1 Å². The molecule has 8 heteroatoms. The van der Waals surface area contributed by atoms with Crippen LogP contribution >= 0.6 is 0 Å². The summed E-state index contributed by atoms with van der Waals surface area (Å²) in [6, 6.07) is 3.54. The van der Waals surface area contributed by atoms with E-state index in [-0.39, 0.29) is 11.8 Å². The first-order chi connectivity index (χ1) is 12.1. The highest BCUT2D eigenvalue weighted by atomic mass is 32.2. The number of unbranched alkanes of at least 4 members (excludes halogenated alkanes) is 3. The Labute approximate surface area is 150 Å². The van der Waals surface area contributed by atoms with Crippen LogP contribution < -0.4 is 10.6 Å². The summed E-state index contributed by atoms with van der Waals surface area (Å²) in [6.45, 7) is 2.41. The molecule has 0 spiro atoms. The van der Waals surface area contributed by atoms with E-state index in [9.17, 15) is 13.2 Å². The van der Waals surface area contributed by atoms with Crippen molar-refractivity contribution in [1.82, 2.24) is 19.9 Å². The van der Waals surface area contributed by atoms with E-state index in [2.05, 4.69) is 15.6 Å². The van der Waals surface area contributed by atoms with Gasteiger partial charge in [-0.05, 0) is 37.3 Å². The Kier molecular flexibility index (Phi) is 8.14. The second-order valence-electron chi connectivity index (χ2n) is 6.31. The third-order valence-corrected chi connectivity index (χ3v) is 6.21. The van der Waals surface area contributed by atoms with Gasteiger partial charge in [0, 0.05) is 38.6 Å². The van der Waals surface area contributed by atoms with Gasteiger partial charge in [-0.2, -0.15) is 0 Å². The van der Waals surface area contributed by atoms with Crippen LogP contribution in [0.2, 0.25) is 0 Å². The van der Waals surface area contributed by atoms with Gasteiger partial charge in [0.25, 0.3) is 0 Å². The maximum Gasteiger partial charge on any atom is 0.315 e. The molecule has 25 heavy (non-hydrogen) atoms. The van der Waals surface area contributed by atoms with E-state index in [4.69, 9.17) is 0 Å². The molecule has 0 aliphatic carbocycles. The first kappa shape index (κ1) is 19.7. The van der Waals surface area contributed by atoms with E-state index in [1.54, 1.807) is 16.7 Å². The molecule has 2 amide bonds. The van der Waals surface area contributed by atoms with Crippen LogP contribution in [0.3, 0.4) is 0 Å². The normalized spacial score (nSPS) is 15.2. The van der Waals surface area contributed by atoms with Crippen molar-refractivity contribution in [2.24, 2.45) is 0 Å². The summed E-state index contributed by atoms with van der Waals surface area (Å²) in [5, 5.41) is 5.59. The van der Waals surface area contributed by atoms with E-state index in [0.29, 0.717) is 32.6 Å². The van der Waals surface area contributed by atoms with E-state index in [0.717, 1.165) is 37.7 Å². The van der Waals surface area contributed by atoms with E-state index in [1.807, 2.05) is 12.1 Å².